The summed E-state index contributed by atoms with van der Waals surface area (Å²) in [6.07, 6.45) is 3.24. The minimum atomic E-state index is -0.401. The summed E-state index contributed by atoms with van der Waals surface area (Å²) in [6, 6.07) is 1.68. The van der Waals surface area contributed by atoms with Gasteiger partial charge in [0.05, 0.1) is 11.8 Å². The lowest BCUT2D eigenvalue weighted by atomic mass is 10.2. The van der Waals surface area contributed by atoms with Gasteiger partial charge in [0, 0.05) is 0 Å². The molecule has 0 bridgehead atoms. The van der Waals surface area contributed by atoms with Crippen LogP contribution in [-0.4, -0.2) is 16.9 Å². The molecule has 1 N–H and O–H groups in total. The summed E-state index contributed by atoms with van der Waals surface area (Å²) in [4.78, 5) is 15.5. The highest BCUT2D eigenvalue weighted by molar-refractivity contribution is 5.92. The molecule has 1 fully saturated rings. The first-order valence-electron chi connectivity index (χ1n) is 4.83. The highest BCUT2D eigenvalue weighted by atomic mass is 16.3. The zero-order valence-electron chi connectivity index (χ0n) is 8.36. The Labute approximate surface area is 87.1 Å². The Morgan fingerprint density at radius 1 is 1.80 bits per heavy atom. The molecule has 15 heavy (non-hydrogen) atoms. The van der Waals surface area contributed by atoms with Gasteiger partial charge in [0.25, 0.3) is 5.91 Å². The van der Waals surface area contributed by atoms with Crippen molar-refractivity contribution >= 4 is 5.91 Å². The minimum absolute atomic E-state index is 0.191. The minimum Gasteiger partial charge on any atom is -0.438 e. The summed E-state index contributed by atoms with van der Waals surface area (Å²) < 4.78 is 4.94. The molecule has 78 valence electrons. The van der Waals surface area contributed by atoms with Crippen LogP contribution in [0.3, 0.4) is 0 Å². The first kappa shape index (κ1) is 9.71. The number of hydrogen-bond acceptors (Lipinski definition) is 4. The summed E-state index contributed by atoms with van der Waals surface area (Å²) in [5.74, 6) is 0.140. The van der Waals surface area contributed by atoms with Crippen molar-refractivity contribution in [3.8, 4) is 6.07 Å². The lowest BCUT2D eigenvalue weighted by Gasteiger charge is -2.08. The highest BCUT2D eigenvalue weighted by Gasteiger charge is 2.33. The third-order valence-electron chi connectivity index (χ3n) is 2.47. The van der Waals surface area contributed by atoms with Crippen molar-refractivity contribution in [2.45, 2.75) is 25.8 Å². The fourth-order valence-electron chi connectivity index (χ4n) is 1.41. The van der Waals surface area contributed by atoms with Crippen molar-refractivity contribution in [2.75, 3.05) is 0 Å². The van der Waals surface area contributed by atoms with Gasteiger partial charge in [-0.15, -0.1) is 0 Å². The van der Waals surface area contributed by atoms with E-state index in [1.807, 2.05) is 0 Å². The predicted octanol–water partition coefficient (Wildman–Crippen LogP) is 1.01. The Bertz CT molecular complexity index is 415. The molecule has 0 spiro atoms. The van der Waals surface area contributed by atoms with E-state index in [1.165, 1.54) is 6.39 Å². The molecule has 5 nitrogen and oxygen atoms in total. The fraction of sp³-hybridized carbons (Fsp3) is 0.500. The zero-order valence-corrected chi connectivity index (χ0v) is 8.36. The van der Waals surface area contributed by atoms with Crippen LogP contribution in [0.5, 0.6) is 0 Å². The van der Waals surface area contributed by atoms with Gasteiger partial charge in [-0.1, -0.05) is 0 Å². The lowest BCUT2D eigenvalue weighted by Crippen LogP contribution is -2.35. The number of rotatable bonds is 3. The topological polar surface area (TPSA) is 78.9 Å². The van der Waals surface area contributed by atoms with Crippen molar-refractivity contribution in [3.05, 3.63) is 17.8 Å². The van der Waals surface area contributed by atoms with Crippen molar-refractivity contribution < 1.29 is 9.21 Å². The normalized spacial score (nSPS) is 16.8. The number of carbonyl (C=O) groups excluding carboxylic acids is 1. The maximum Gasteiger partial charge on any atom is 0.290 e. The number of nitrogens with one attached hydrogen (secondary N) is 1. The fourth-order valence-corrected chi connectivity index (χ4v) is 1.41. The van der Waals surface area contributed by atoms with E-state index < -0.39 is 6.04 Å². The zero-order chi connectivity index (χ0) is 10.8. The van der Waals surface area contributed by atoms with Crippen LogP contribution in [0.4, 0.5) is 0 Å². The largest absolute Gasteiger partial charge is 0.438 e. The smallest absolute Gasteiger partial charge is 0.290 e. The summed E-state index contributed by atoms with van der Waals surface area (Å²) in [5.41, 5.74) is 0.542. The number of amides is 1. The van der Waals surface area contributed by atoms with Gasteiger partial charge in [-0.05, 0) is 25.7 Å². The number of oxazole rings is 1. The molecule has 1 aliphatic carbocycles. The summed E-state index contributed by atoms with van der Waals surface area (Å²) >= 11 is 0. The first-order valence-corrected chi connectivity index (χ1v) is 4.83. The molecular formula is C10H11N3O2. The van der Waals surface area contributed by atoms with E-state index in [-0.39, 0.29) is 11.7 Å². The van der Waals surface area contributed by atoms with Gasteiger partial charge in [-0.25, -0.2) is 4.98 Å². The second-order valence-electron chi connectivity index (χ2n) is 3.68. The second kappa shape index (κ2) is 3.73. The van der Waals surface area contributed by atoms with Gasteiger partial charge in [-0.3, -0.25) is 4.79 Å². The van der Waals surface area contributed by atoms with Gasteiger partial charge in [0.15, 0.2) is 6.39 Å². The molecule has 1 amide bonds. The molecule has 5 heteroatoms. The Morgan fingerprint density at radius 2 is 2.53 bits per heavy atom. The summed E-state index contributed by atoms with van der Waals surface area (Å²) in [6.45, 7) is 1.69. The SMILES string of the molecule is Cc1ncoc1C(=O)NC(C#N)C1CC1. The van der Waals surface area contributed by atoms with Crippen LogP contribution in [0.2, 0.25) is 0 Å². The van der Waals surface area contributed by atoms with Gasteiger partial charge < -0.3 is 9.73 Å². The van der Waals surface area contributed by atoms with Crippen LogP contribution in [-0.2, 0) is 0 Å². The monoisotopic (exact) mass is 205 g/mol. The van der Waals surface area contributed by atoms with E-state index >= 15 is 0 Å². The Kier molecular flexibility index (Phi) is 2.42. The van der Waals surface area contributed by atoms with Crippen LogP contribution in [0.25, 0.3) is 0 Å². The third kappa shape index (κ3) is 1.99. The molecule has 2 rings (SSSR count). The van der Waals surface area contributed by atoms with E-state index in [4.69, 9.17) is 9.68 Å². The van der Waals surface area contributed by atoms with Crippen molar-refractivity contribution in [3.63, 3.8) is 0 Å². The number of aryl methyl sites for hydroxylation is 1. The molecule has 0 saturated heterocycles. The second-order valence-corrected chi connectivity index (χ2v) is 3.68. The molecule has 1 aromatic rings. The maximum atomic E-state index is 11.6. The molecule has 1 unspecified atom stereocenters. The molecule has 1 aliphatic rings. The van der Waals surface area contributed by atoms with Crippen LogP contribution in [0.15, 0.2) is 10.8 Å². The Morgan fingerprint density at radius 3 is 3.00 bits per heavy atom. The number of hydrogen-bond donors (Lipinski definition) is 1. The highest BCUT2D eigenvalue weighted by Crippen LogP contribution is 2.32. The molecule has 0 radical (unpaired) electrons. The predicted molar refractivity (Wildman–Crippen MR) is 50.8 cm³/mol. The van der Waals surface area contributed by atoms with E-state index in [9.17, 15) is 4.79 Å². The lowest BCUT2D eigenvalue weighted by molar-refractivity contribution is 0.0913. The molecule has 0 aliphatic heterocycles. The molecule has 0 aromatic carbocycles. The number of aromatic nitrogens is 1. The number of carbonyl (C=O) groups is 1. The van der Waals surface area contributed by atoms with E-state index in [1.54, 1.807) is 6.92 Å². The molecule has 1 aromatic heterocycles. The Balaban J connectivity index is 2.03. The van der Waals surface area contributed by atoms with Crippen molar-refractivity contribution in [1.29, 1.82) is 5.26 Å². The molecule has 1 heterocycles. The van der Waals surface area contributed by atoms with Gasteiger partial charge in [-0.2, -0.15) is 5.26 Å². The standard InChI is InChI=1S/C10H11N3O2/c1-6-9(15-5-12-6)10(14)13-8(4-11)7-2-3-7/h5,7-8H,2-3H2,1H3,(H,13,14). The Hall–Kier alpha value is -1.83. The average molecular weight is 205 g/mol. The van der Waals surface area contributed by atoms with Gasteiger partial charge in [0.2, 0.25) is 5.76 Å². The molecule has 1 saturated carbocycles. The maximum absolute atomic E-state index is 11.6. The van der Waals surface area contributed by atoms with Gasteiger partial charge in [0.1, 0.15) is 6.04 Å². The van der Waals surface area contributed by atoms with E-state index in [0.29, 0.717) is 11.6 Å². The number of nitrogens with zero attached hydrogens (tertiary/aromatic N) is 2. The van der Waals surface area contributed by atoms with E-state index in [0.717, 1.165) is 12.8 Å². The van der Waals surface area contributed by atoms with Crippen LogP contribution >= 0.6 is 0 Å². The van der Waals surface area contributed by atoms with Crippen LogP contribution < -0.4 is 5.32 Å². The van der Waals surface area contributed by atoms with Crippen molar-refractivity contribution in [2.24, 2.45) is 5.92 Å². The number of nitriles is 1. The first-order chi connectivity index (χ1) is 7.22. The molecule has 1 atom stereocenters. The van der Waals surface area contributed by atoms with Crippen LogP contribution in [0.1, 0.15) is 29.1 Å². The molecular weight excluding hydrogens is 194 g/mol. The quantitative estimate of drug-likeness (QED) is 0.798. The summed E-state index contributed by atoms with van der Waals surface area (Å²) in [5, 5.41) is 11.5. The van der Waals surface area contributed by atoms with Crippen molar-refractivity contribution in [1.82, 2.24) is 10.3 Å². The average Bonchev–Trinajstić information content (AvgIpc) is 2.97. The van der Waals surface area contributed by atoms with Gasteiger partial charge >= 0.3 is 0 Å². The summed E-state index contributed by atoms with van der Waals surface area (Å²) in [7, 11) is 0. The third-order valence-corrected chi connectivity index (χ3v) is 2.47. The van der Waals surface area contributed by atoms with E-state index in [2.05, 4.69) is 16.4 Å². The van der Waals surface area contributed by atoms with Crippen LogP contribution in [0, 0.1) is 24.2 Å².